The number of piperidine rings is 1. The van der Waals surface area contributed by atoms with Gasteiger partial charge >= 0.3 is 0 Å². The smallest absolute Gasteiger partial charge is 0.103 e. The molecule has 96 valence electrons. The molecule has 0 aliphatic carbocycles. The van der Waals surface area contributed by atoms with Crippen molar-refractivity contribution in [1.29, 1.82) is 5.26 Å². The lowest BCUT2D eigenvalue weighted by molar-refractivity contribution is 0.143. The number of ether oxygens (including phenoxy) is 1. The molecular formula is C14H17ClN2O. The fraction of sp³-hybridized carbons (Fsp3) is 0.500. The molecule has 0 amide bonds. The van der Waals surface area contributed by atoms with Crippen molar-refractivity contribution in [2.24, 2.45) is 5.92 Å². The Hall–Kier alpha value is -1.24. The molecule has 0 aromatic heterocycles. The Kier molecular flexibility index (Phi) is 4.46. The molecule has 0 N–H and O–H groups in total. The van der Waals surface area contributed by atoms with Crippen molar-refractivity contribution in [3.8, 4) is 6.07 Å². The van der Waals surface area contributed by atoms with Crippen LogP contribution in [0.1, 0.15) is 18.4 Å². The minimum absolute atomic E-state index is 0.531. The SMILES string of the molecule is COCC1CCCN(c2cccc(Cl)c2C#N)C1. The van der Waals surface area contributed by atoms with Crippen LogP contribution in [-0.4, -0.2) is 26.8 Å². The molecule has 18 heavy (non-hydrogen) atoms. The van der Waals surface area contributed by atoms with Crippen LogP contribution in [-0.2, 0) is 4.74 Å². The van der Waals surface area contributed by atoms with Gasteiger partial charge in [-0.1, -0.05) is 17.7 Å². The van der Waals surface area contributed by atoms with Crippen LogP contribution in [0.2, 0.25) is 5.02 Å². The Labute approximate surface area is 113 Å². The maximum absolute atomic E-state index is 9.21. The zero-order chi connectivity index (χ0) is 13.0. The molecule has 0 spiro atoms. The summed E-state index contributed by atoms with van der Waals surface area (Å²) in [5.41, 5.74) is 1.53. The number of benzene rings is 1. The fourth-order valence-corrected chi connectivity index (χ4v) is 2.75. The number of rotatable bonds is 3. The Balaban J connectivity index is 2.21. The molecule has 1 aromatic rings. The van der Waals surface area contributed by atoms with Crippen molar-refractivity contribution in [1.82, 2.24) is 0 Å². The average molecular weight is 265 g/mol. The van der Waals surface area contributed by atoms with E-state index < -0.39 is 0 Å². The molecular weight excluding hydrogens is 248 g/mol. The van der Waals surface area contributed by atoms with Gasteiger partial charge in [0, 0.05) is 20.2 Å². The molecule has 1 aliphatic rings. The monoisotopic (exact) mass is 264 g/mol. The second-order valence-corrected chi connectivity index (χ2v) is 5.06. The normalized spacial score (nSPS) is 19.6. The van der Waals surface area contributed by atoms with Gasteiger partial charge in [0.05, 0.1) is 22.9 Å². The molecule has 1 heterocycles. The number of hydrogen-bond donors (Lipinski definition) is 0. The maximum atomic E-state index is 9.21. The fourth-order valence-electron chi connectivity index (χ4n) is 2.54. The summed E-state index contributed by atoms with van der Waals surface area (Å²) in [5.74, 6) is 0.536. The molecule has 1 aromatic carbocycles. The van der Waals surface area contributed by atoms with Crippen molar-refractivity contribution >= 4 is 17.3 Å². The number of methoxy groups -OCH3 is 1. The third kappa shape index (κ3) is 2.77. The van der Waals surface area contributed by atoms with Crippen LogP contribution in [0, 0.1) is 17.2 Å². The van der Waals surface area contributed by atoms with E-state index in [1.165, 1.54) is 6.42 Å². The molecule has 3 nitrogen and oxygen atoms in total. The molecule has 1 fully saturated rings. The van der Waals surface area contributed by atoms with Crippen molar-refractivity contribution < 1.29 is 4.74 Å². The Morgan fingerprint density at radius 2 is 2.39 bits per heavy atom. The van der Waals surface area contributed by atoms with E-state index in [4.69, 9.17) is 16.3 Å². The van der Waals surface area contributed by atoms with Gasteiger partial charge < -0.3 is 9.64 Å². The van der Waals surface area contributed by atoms with Crippen LogP contribution in [0.4, 0.5) is 5.69 Å². The standard InChI is InChI=1S/C14H17ClN2O/c1-18-10-11-4-3-7-17(9-11)14-6-2-5-13(15)12(14)8-16/h2,5-6,11H,3-4,7,9-10H2,1H3. The summed E-state index contributed by atoms with van der Waals surface area (Å²) in [7, 11) is 1.74. The van der Waals surface area contributed by atoms with Crippen LogP contribution in [0.25, 0.3) is 0 Å². The van der Waals surface area contributed by atoms with E-state index in [1.54, 1.807) is 13.2 Å². The quantitative estimate of drug-likeness (QED) is 0.842. The van der Waals surface area contributed by atoms with Gasteiger partial charge in [-0.15, -0.1) is 0 Å². The number of hydrogen-bond acceptors (Lipinski definition) is 3. The highest BCUT2D eigenvalue weighted by Gasteiger charge is 2.22. The molecule has 1 saturated heterocycles. The van der Waals surface area contributed by atoms with E-state index >= 15 is 0 Å². The number of nitriles is 1. The van der Waals surface area contributed by atoms with E-state index in [-0.39, 0.29) is 0 Å². The summed E-state index contributed by atoms with van der Waals surface area (Å²) in [6, 6.07) is 7.84. The first-order valence-electron chi connectivity index (χ1n) is 6.18. The van der Waals surface area contributed by atoms with Gasteiger partial charge in [-0.3, -0.25) is 0 Å². The van der Waals surface area contributed by atoms with Gasteiger partial charge in [-0.2, -0.15) is 5.26 Å². The molecule has 4 heteroatoms. The van der Waals surface area contributed by atoms with Crippen LogP contribution in [0.5, 0.6) is 0 Å². The van der Waals surface area contributed by atoms with E-state index in [2.05, 4.69) is 11.0 Å². The predicted molar refractivity (Wildman–Crippen MR) is 73.0 cm³/mol. The Bertz CT molecular complexity index is 454. The van der Waals surface area contributed by atoms with Crippen molar-refractivity contribution in [3.63, 3.8) is 0 Å². The highest BCUT2D eigenvalue weighted by atomic mass is 35.5. The third-order valence-corrected chi connectivity index (χ3v) is 3.68. The number of halogens is 1. The van der Waals surface area contributed by atoms with Gasteiger partial charge in [0.2, 0.25) is 0 Å². The average Bonchev–Trinajstić information content (AvgIpc) is 2.39. The van der Waals surface area contributed by atoms with Crippen LogP contribution >= 0.6 is 11.6 Å². The van der Waals surface area contributed by atoms with Crippen molar-refractivity contribution in [2.45, 2.75) is 12.8 Å². The third-order valence-electron chi connectivity index (χ3n) is 3.37. The Morgan fingerprint density at radius 1 is 1.56 bits per heavy atom. The Morgan fingerprint density at radius 3 is 3.11 bits per heavy atom. The zero-order valence-corrected chi connectivity index (χ0v) is 11.3. The minimum Gasteiger partial charge on any atom is -0.384 e. The summed E-state index contributed by atoms with van der Waals surface area (Å²) in [5, 5.41) is 9.74. The van der Waals surface area contributed by atoms with E-state index in [1.807, 2.05) is 12.1 Å². The van der Waals surface area contributed by atoms with Crippen LogP contribution in [0.3, 0.4) is 0 Å². The van der Waals surface area contributed by atoms with Gasteiger partial charge in [0.25, 0.3) is 0 Å². The summed E-state index contributed by atoms with van der Waals surface area (Å²) in [6.45, 7) is 2.69. The van der Waals surface area contributed by atoms with Gasteiger partial charge in [-0.05, 0) is 30.9 Å². The topological polar surface area (TPSA) is 36.3 Å². The van der Waals surface area contributed by atoms with E-state index in [9.17, 15) is 5.26 Å². The molecule has 0 radical (unpaired) electrons. The molecule has 1 aliphatic heterocycles. The van der Waals surface area contributed by atoms with Crippen molar-refractivity contribution in [2.75, 3.05) is 31.7 Å². The maximum Gasteiger partial charge on any atom is 0.103 e. The first kappa shape index (κ1) is 13.2. The van der Waals surface area contributed by atoms with Gasteiger partial charge in [0.15, 0.2) is 0 Å². The number of anilines is 1. The molecule has 0 saturated carbocycles. The summed E-state index contributed by atoms with van der Waals surface area (Å²) < 4.78 is 5.23. The first-order chi connectivity index (χ1) is 8.76. The zero-order valence-electron chi connectivity index (χ0n) is 10.5. The lowest BCUT2D eigenvalue weighted by atomic mass is 9.97. The van der Waals surface area contributed by atoms with E-state index in [0.29, 0.717) is 16.5 Å². The second-order valence-electron chi connectivity index (χ2n) is 4.66. The molecule has 0 bridgehead atoms. The van der Waals surface area contributed by atoms with E-state index in [0.717, 1.165) is 31.8 Å². The summed E-state index contributed by atoms with van der Waals surface area (Å²) in [4.78, 5) is 2.25. The molecule has 1 atom stereocenters. The summed E-state index contributed by atoms with van der Waals surface area (Å²) >= 11 is 6.07. The highest BCUT2D eigenvalue weighted by Crippen LogP contribution is 2.30. The lowest BCUT2D eigenvalue weighted by Crippen LogP contribution is -2.37. The number of nitrogens with zero attached hydrogens (tertiary/aromatic N) is 2. The second kappa shape index (κ2) is 6.08. The summed E-state index contributed by atoms with van der Waals surface area (Å²) in [6.07, 6.45) is 2.32. The largest absolute Gasteiger partial charge is 0.384 e. The molecule has 1 unspecified atom stereocenters. The minimum atomic E-state index is 0.531. The first-order valence-corrected chi connectivity index (χ1v) is 6.56. The highest BCUT2D eigenvalue weighted by molar-refractivity contribution is 6.32. The lowest BCUT2D eigenvalue weighted by Gasteiger charge is -2.34. The van der Waals surface area contributed by atoms with Crippen LogP contribution < -0.4 is 4.90 Å². The molecule has 2 rings (SSSR count). The van der Waals surface area contributed by atoms with Gasteiger partial charge in [-0.25, -0.2) is 0 Å². The predicted octanol–water partition coefficient (Wildman–Crippen LogP) is 3.07. The van der Waals surface area contributed by atoms with Crippen molar-refractivity contribution in [3.05, 3.63) is 28.8 Å². The van der Waals surface area contributed by atoms with Crippen LogP contribution in [0.15, 0.2) is 18.2 Å². The van der Waals surface area contributed by atoms with Gasteiger partial charge in [0.1, 0.15) is 6.07 Å².